The number of anilines is 6. The second kappa shape index (κ2) is 30.8. The Morgan fingerprint density at radius 2 is 0.672 bits per heavy atom. The van der Waals surface area contributed by atoms with E-state index in [9.17, 15) is 0 Å². The van der Waals surface area contributed by atoms with Crippen LogP contribution < -0.4 is 9.80 Å². The normalized spacial score (nSPS) is 11.7. The molecule has 0 radical (unpaired) electrons. The molecule has 584 valence electrons. The molecule has 2 aromatic heterocycles. The van der Waals surface area contributed by atoms with Crippen molar-refractivity contribution in [3.63, 3.8) is 0 Å². The maximum absolute atomic E-state index is 6.54. The number of para-hydroxylation sites is 4. The summed E-state index contributed by atoms with van der Waals surface area (Å²) < 4.78 is 13.0. The molecule has 0 amide bonds. The number of aryl methyl sites for hydroxylation is 6. The number of hydrogen-bond acceptors (Lipinski definition) is 4. The van der Waals surface area contributed by atoms with Crippen molar-refractivity contribution >= 4 is 143 Å². The van der Waals surface area contributed by atoms with E-state index in [1.54, 1.807) is 0 Å². The van der Waals surface area contributed by atoms with Gasteiger partial charge in [0.1, 0.15) is 22.3 Å². The molecule has 0 spiro atoms. The Bertz CT molecular complexity index is 7900. The first kappa shape index (κ1) is 74.7. The minimum absolute atomic E-state index is 0.404. The van der Waals surface area contributed by atoms with E-state index < -0.39 is 0 Å². The largest absolute Gasteiger partial charge is 0.455 e. The molecular weight excluding hydrogens is 1480 g/mol. The fourth-order valence-corrected chi connectivity index (χ4v) is 19.5. The van der Waals surface area contributed by atoms with Gasteiger partial charge in [0.15, 0.2) is 0 Å². The maximum Gasteiger partial charge on any atom is 0.143 e. The molecule has 22 aromatic rings. The van der Waals surface area contributed by atoms with E-state index in [1.165, 1.54) is 159 Å². The smallest absolute Gasteiger partial charge is 0.143 e. The number of nitrogens with zero attached hydrogens (tertiary/aromatic N) is 2. The Balaban J connectivity index is 0.000000151. The first-order valence-electron chi connectivity index (χ1n) is 42.8. The molecular formula is C118H90N2O2. The van der Waals surface area contributed by atoms with Crippen molar-refractivity contribution in [2.75, 3.05) is 9.80 Å². The predicted octanol–water partition coefficient (Wildman–Crippen LogP) is 34.3. The highest BCUT2D eigenvalue weighted by Gasteiger charge is 2.25. The first-order chi connectivity index (χ1) is 59.8. The number of hydrogen-bond donors (Lipinski definition) is 0. The Hall–Kier alpha value is -14.8. The molecule has 0 N–H and O–H groups in total. The van der Waals surface area contributed by atoms with Crippen molar-refractivity contribution in [3.8, 4) is 66.8 Å². The Labute approximate surface area is 712 Å². The molecule has 0 fully saturated rings. The van der Waals surface area contributed by atoms with Crippen molar-refractivity contribution in [3.05, 3.63) is 421 Å². The predicted molar refractivity (Wildman–Crippen MR) is 522 cm³/mol. The van der Waals surface area contributed by atoms with Gasteiger partial charge in [0.05, 0.1) is 5.69 Å². The third-order valence-electron chi connectivity index (χ3n) is 25.5. The van der Waals surface area contributed by atoms with E-state index in [0.717, 1.165) is 95.4 Å². The molecule has 0 atom stereocenters. The lowest BCUT2D eigenvalue weighted by atomic mass is 9.90. The average Bonchev–Trinajstić information content (AvgIpc) is 0.916. The van der Waals surface area contributed by atoms with Gasteiger partial charge in [-0.15, -0.1) is 0 Å². The summed E-state index contributed by atoms with van der Waals surface area (Å²) in [5.74, 6) is 0.404. The molecule has 0 bridgehead atoms. The zero-order valence-corrected chi connectivity index (χ0v) is 69.9. The molecule has 22 rings (SSSR count). The monoisotopic (exact) mass is 1570 g/mol. The third-order valence-corrected chi connectivity index (χ3v) is 25.5. The van der Waals surface area contributed by atoms with Crippen molar-refractivity contribution in [2.45, 2.75) is 67.7 Å². The van der Waals surface area contributed by atoms with Gasteiger partial charge in [0, 0.05) is 66.5 Å². The zero-order chi connectivity index (χ0) is 82.4. The van der Waals surface area contributed by atoms with Crippen LogP contribution in [0.4, 0.5) is 34.1 Å². The van der Waals surface area contributed by atoms with Crippen LogP contribution in [0.3, 0.4) is 0 Å². The fraction of sp³-hybridized carbons (Fsp3) is 0.0847. The van der Waals surface area contributed by atoms with Crippen LogP contribution in [0, 0.1) is 34.6 Å². The van der Waals surface area contributed by atoms with Crippen LogP contribution in [0.1, 0.15) is 65.6 Å². The van der Waals surface area contributed by atoms with Crippen LogP contribution in [-0.4, -0.2) is 0 Å². The zero-order valence-electron chi connectivity index (χ0n) is 69.9. The lowest BCUT2D eigenvalue weighted by Crippen LogP contribution is -2.12. The fourth-order valence-electron chi connectivity index (χ4n) is 19.5. The van der Waals surface area contributed by atoms with Crippen LogP contribution >= 0.6 is 0 Å². The average molecular weight is 1570 g/mol. The van der Waals surface area contributed by atoms with Gasteiger partial charge in [0.25, 0.3) is 0 Å². The highest BCUT2D eigenvalue weighted by atomic mass is 16.3. The summed E-state index contributed by atoms with van der Waals surface area (Å²) in [5.41, 5.74) is 33.8. The minimum atomic E-state index is 0.404. The van der Waals surface area contributed by atoms with Crippen LogP contribution in [-0.2, 0) is 6.42 Å². The summed E-state index contributed by atoms with van der Waals surface area (Å²) in [5, 5.41) is 19.8. The summed E-state index contributed by atoms with van der Waals surface area (Å²) >= 11 is 0. The van der Waals surface area contributed by atoms with Crippen LogP contribution in [0.15, 0.2) is 391 Å². The second-order valence-electron chi connectivity index (χ2n) is 33.3. The van der Waals surface area contributed by atoms with E-state index >= 15 is 0 Å². The van der Waals surface area contributed by atoms with E-state index in [0.29, 0.717) is 5.92 Å². The summed E-state index contributed by atoms with van der Waals surface area (Å²) in [6.07, 6.45) is 0.900. The minimum Gasteiger partial charge on any atom is -0.455 e. The highest BCUT2D eigenvalue weighted by Crippen LogP contribution is 2.49. The number of benzene rings is 20. The molecule has 0 aliphatic carbocycles. The Morgan fingerprint density at radius 1 is 0.238 bits per heavy atom. The molecule has 122 heavy (non-hydrogen) atoms. The van der Waals surface area contributed by atoms with Gasteiger partial charge in [-0.1, -0.05) is 324 Å². The standard InChI is InChI=1S/C61H49NO.C57H41NO/c1-6-41-37-46(32-34-50(41)43-27-29-44(30-28-43)52-21-11-16-42-15-7-8-17-51(42)52)62(58-25-14-20-49-40(5)36-57-47(38(2)3)19-12-22-54(57)60(49)58)45-31-33-48(39(4)35-45)55-23-13-24-56-53-18-9-10-26-59(53)63-61(55)56;1-36-33-42-24-28-45(35-55(42)52-16-7-6-14-47(36)52)58(43-26-22-40(23-27-43)50-18-11-20-54-53-17-8-9-21-56(53)59-57(50)54)44-29-31-46(38(3)34-44)41-25-30-48(37(2)32-41)51-19-10-13-39-12-4-5-15-49(39)51/h7-38H,6H2,1-5H3;4-35H,1-3H3. The first-order valence-corrected chi connectivity index (χ1v) is 42.8. The summed E-state index contributed by atoms with van der Waals surface area (Å²) in [6.45, 7) is 18.0. The van der Waals surface area contributed by atoms with Crippen LogP contribution in [0.2, 0.25) is 0 Å². The molecule has 0 saturated heterocycles. The van der Waals surface area contributed by atoms with Gasteiger partial charge in [0.2, 0.25) is 0 Å². The number of fused-ring (bicyclic) bond motifs is 14. The van der Waals surface area contributed by atoms with E-state index in [1.807, 2.05) is 18.2 Å². The second-order valence-corrected chi connectivity index (χ2v) is 33.3. The summed E-state index contributed by atoms with van der Waals surface area (Å²) in [4.78, 5) is 4.89. The lowest BCUT2D eigenvalue weighted by molar-refractivity contribution is 0.669. The molecule has 0 saturated carbocycles. The SMILES string of the molecule is CCc1cc(N(c2ccc(-c3cccc4c3oc3ccccc34)c(C)c2)c2cccc3c(C)cc4c(C(C)C)cccc4c23)ccc1-c1ccc(-c2cccc3ccccc23)cc1.Cc1cc(N(c2ccc(-c3cccc4c3oc3ccccc34)cc2)c2ccc3cc(C)c4ccccc4c3c2)ccc1-c1ccc(-c2cccc3ccccc23)c(C)c1. The molecule has 0 aliphatic heterocycles. The molecule has 4 heteroatoms. The van der Waals surface area contributed by atoms with Gasteiger partial charge in [-0.05, 0) is 280 Å². The quantitative estimate of drug-likeness (QED) is 0.102. The van der Waals surface area contributed by atoms with Crippen molar-refractivity contribution < 1.29 is 8.83 Å². The molecule has 4 nitrogen and oxygen atoms in total. The van der Waals surface area contributed by atoms with Crippen LogP contribution in [0.25, 0.3) is 175 Å². The number of rotatable bonds is 14. The van der Waals surface area contributed by atoms with E-state index in [4.69, 9.17) is 8.83 Å². The molecule has 2 heterocycles. The highest BCUT2D eigenvalue weighted by molar-refractivity contribution is 6.18. The van der Waals surface area contributed by atoms with Gasteiger partial charge >= 0.3 is 0 Å². The van der Waals surface area contributed by atoms with Crippen molar-refractivity contribution in [1.29, 1.82) is 0 Å². The Morgan fingerprint density at radius 3 is 1.34 bits per heavy atom. The third kappa shape index (κ3) is 13.1. The van der Waals surface area contributed by atoms with Gasteiger partial charge < -0.3 is 18.6 Å². The summed E-state index contributed by atoms with van der Waals surface area (Å²) in [6, 6.07) is 140. The molecule has 0 aliphatic rings. The lowest BCUT2D eigenvalue weighted by Gasteiger charge is -2.29. The maximum atomic E-state index is 6.54. The number of furan rings is 2. The van der Waals surface area contributed by atoms with Gasteiger partial charge in [-0.2, -0.15) is 0 Å². The van der Waals surface area contributed by atoms with Gasteiger partial charge in [-0.25, -0.2) is 0 Å². The topological polar surface area (TPSA) is 32.8 Å². The molecule has 0 unspecified atom stereocenters. The van der Waals surface area contributed by atoms with E-state index in [-0.39, 0.29) is 0 Å². The van der Waals surface area contributed by atoms with E-state index in [2.05, 4.69) is 429 Å². The Kier molecular flexibility index (Phi) is 18.9. The van der Waals surface area contributed by atoms with Crippen LogP contribution in [0.5, 0.6) is 0 Å². The van der Waals surface area contributed by atoms with Gasteiger partial charge in [-0.3, -0.25) is 0 Å². The van der Waals surface area contributed by atoms with Crippen molar-refractivity contribution in [1.82, 2.24) is 0 Å². The summed E-state index contributed by atoms with van der Waals surface area (Å²) in [7, 11) is 0. The molecule has 20 aromatic carbocycles. The van der Waals surface area contributed by atoms with Crippen molar-refractivity contribution in [2.24, 2.45) is 0 Å².